The molecular formula is C15H19BrMg. The van der Waals surface area contributed by atoms with Gasteiger partial charge in [0.25, 0.3) is 0 Å². The summed E-state index contributed by atoms with van der Waals surface area (Å²) in [5.41, 5.74) is 4.40. The summed E-state index contributed by atoms with van der Waals surface area (Å²) < 4.78 is 0. The average Bonchev–Trinajstić information content (AvgIpc) is 2.13. The van der Waals surface area contributed by atoms with Crippen molar-refractivity contribution in [1.82, 2.24) is 0 Å². The summed E-state index contributed by atoms with van der Waals surface area (Å²) in [6.07, 6.45) is 4.65. The summed E-state index contributed by atoms with van der Waals surface area (Å²) >= 11 is 0. The van der Waals surface area contributed by atoms with Crippen LogP contribution in [-0.2, 0) is 10.8 Å². The third kappa shape index (κ3) is 3.15. The minimum Gasteiger partial charge on any atom is -1.00 e. The van der Waals surface area contributed by atoms with Crippen molar-refractivity contribution in [2.45, 2.75) is 45.4 Å². The van der Waals surface area contributed by atoms with E-state index in [1.807, 2.05) is 0 Å². The molecule has 2 rings (SSSR count). The van der Waals surface area contributed by atoms with Crippen molar-refractivity contribution in [3.8, 4) is 0 Å². The van der Waals surface area contributed by atoms with Gasteiger partial charge in [0.15, 0.2) is 0 Å². The van der Waals surface area contributed by atoms with Crippen LogP contribution in [0.5, 0.6) is 0 Å². The molecule has 0 unspecified atom stereocenters. The Balaban J connectivity index is 0.00000128. The molecule has 88 valence electrons. The molecule has 0 aromatic heterocycles. The number of allylic oxidation sites excluding steroid dienone is 2. The van der Waals surface area contributed by atoms with Gasteiger partial charge in [0.1, 0.15) is 0 Å². The molecule has 0 radical (unpaired) electrons. The third-order valence-corrected chi connectivity index (χ3v) is 3.40. The van der Waals surface area contributed by atoms with Crippen molar-refractivity contribution < 1.29 is 17.0 Å². The van der Waals surface area contributed by atoms with Crippen LogP contribution in [0.25, 0.3) is 0 Å². The fraction of sp³-hybridized carbons (Fsp3) is 0.467. The molecule has 0 N–H and O–H groups in total. The third-order valence-electron chi connectivity index (χ3n) is 3.40. The summed E-state index contributed by atoms with van der Waals surface area (Å²) in [6, 6.07) is 7.76. The Bertz CT molecular complexity index is 431. The first-order valence-corrected chi connectivity index (χ1v) is 5.57. The second-order valence-electron chi connectivity index (χ2n) is 5.72. The normalized spacial score (nSPS) is 18.6. The van der Waals surface area contributed by atoms with E-state index in [1.165, 1.54) is 16.7 Å². The van der Waals surface area contributed by atoms with Crippen LogP contribution < -0.4 is 17.0 Å². The van der Waals surface area contributed by atoms with Crippen LogP contribution in [-0.4, -0.2) is 23.1 Å². The molecule has 1 aliphatic rings. The van der Waals surface area contributed by atoms with E-state index in [1.54, 1.807) is 0 Å². The quantitative estimate of drug-likeness (QED) is 0.373. The van der Waals surface area contributed by atoms with E-state index in [-0.39, 0.29) is 50.9 Å². The standard InChI is InChI=1S/C15H19.BrH.Mg/c1-11-6-7-12-13(10-11)15(4,5)9-8-14(12,2)3;;/h7-10H,1-5H3;1H;/q-1;;+2/p-1. The smallest absolute Gasteiger partial charge is 1.00 e. The van der Waals surface area contributed by atoms with Crippen LogP contribution in [0.4, 0.5) is 0 Å². The first-order chi connectivity index (χ1) is 6.83. The molecule has 0 saturated heterocycles. The molecule has 0 saturated carbocycles. The van der Waals surface area contributed by atoms with Gasteiger partial charge in [-0.25, -0.2) is 0 Å². The molecule has 0 bridgehead atoms. The maximum Gasteiger partial charge on any atom is 2.00 e. The Morgan fingerprint density at radius 2 is 1.41 bits per heavy atom. The van der Waals surface area contributed by atoms with Crippen LogP contribution in [0.2, 0.25) is 0 Å². The van der Waals surface area contributed by atoms with Crippen molar-refractivity contribution in [1.29, 1.82) is 0 Å². The van der Waals surface area contributed by atoms with Crippen LogP contribution in [0.1, 0.15) is 44.4 Å². The predicted molar refractivity (Wildman–Crippen MR) is 71.0 cm³/mol. The number of aryl methyl sites for hydroxylation is 1. The maximum absolute atomic E-state index is 3.32. The monoisotopic (exact) mass is 302 g/mol. The van der Waals surface area contributed by atoms with Gasteiger partial charge in [-0.15, -0.1) is 11.1 Å². The molecule has 17 heavy (non-hydrogen) atoms. The predicted octanol–water partition coefficient (Wildman–Crippen LogP) is 0.543. The van der Waals surface area contributed by atoms with Crippen molar-refractivity contribution >= 4 is 23.1 Å². The van der Waals surface area contributed by atoms with E-state index in [0.29, 0.717) is 0 Å². The number of fused-ring (bicyclic) bond motifs is 1. The SMILES string of the molecule is Cc1[c-]cc2c(c1)C(C)(C)C=CC2(C)C.[Br-].[Mg+2]. The minimum absolute atomic E-state index is 0. The van der Waals surface area contributed by atoms with Gasteiger partial charge in [-0.2, -0.15) is 23.8 Å². The Morgan fingerprint density at radius 3 is 1.94 bits per heavy atom. The average molecular weight is 304 g/mol. The molecule has 1 aromatic rings. The molecular weight excluding hydrogens is 284 g/mol. The first kappa shape index (κ1) is 17.2. The van der Waals surface area contributed by atoms with E-state index < -0.39 is 0 Å². The Kier molecular flexibility index (Phi) is 5.52. The molecule has 0 fully saturated rings. The molecule has 0 atom stereocenters. The zero-order valence-corrected chi connectivity index (χ0v) is 14.4. The van der Waals surface area contributed by atoms with E-state index in [2.05, 4.69) is 65.0 Å². The van der Waals surface area contributed by atoms with Gasteiger partial charge in [0, 0.05) is 0 Å². The van der Waals surface area contributed by atoms with Crippen LogP contribution >= 0.6 is 0 Å². The summed E-state index contributed by atoms with van der Waals surface area (Å²) in [6.45, 7) is 11.2. The topological polar surface area (TPSA) is 0 Å². The number of benzene rings is 1. The molecule has 0 spiro atoms. The second kappa shape index (κ2) is 5.46. The van der Waals surface area contributed by atoms with Crippen molar-refractivity contribution in [2.75, 3.05) is 0 Å². The molecule has 0 amide bonds. The fourth-order valence-corrected chi connectivity index (χ4v) is 2.26. The van der Waals surface area contributed by atoms with Gasteiger partial charge in [0.05, 0.1) is 0 Å². The van der Waals surface area contributed by atoms with Crippen molar-refractivity contribution in [3.63, 3.8) is 0 Å². The van der Waals surface area contributed by atoms with Crippen LogP contribution in [0.15, 0.2) is 24.3 Å². The number of rotatable bonds is 0. The van der Waals surface area contributed by atoms with Gasteiger partial charge < -0.3 is 17.0 Å². The largest absolute Gasteiger partial charge is 2.00 e. The zero-order chi connectivity index (χ0) is 11.3. The van der Waals surface area contributed by atoms with E-state index in [9.17, 15) is 0 Å². The molecule has 1 aromatic carbocycles. The van der Waals surface area contributed by atoms with Crippen LogP contribution in [0, 0.1) is 13.0 Å². The molecule has 1 aliphatic carbocycles. The molecule has 2 heteroatoms. The van der Waals surface area contributed by atoms with Gasteiger partial charge in [-0.05, 0) is 10.8 Å². The maximum atomic E-state index is 3.32. The summed E-state index contributed by atoms with van der Waals surface area (Å²) in [7, 11) is 0. The van der Waals surface area contributed by atoms with Crippen molar-refractivity contribution in [3.05, 3.63) is 47.0 Å². The van der Waals surface area contributed by atoms with Gasteiger partial charge >= 0.3 is 23.1 Å². The Labute approximate surface area is 132 Å². The molecule has 0 aliphatic heterocycles. The van der Waals surface area contributed by atoms with E-state index in [4.69, 9.17) is 0 Å². The molecule has 0 heterocycles. The minimum atomic E-state index is 0. The van der Waals surface area contributed by atoms with Gasteiger partial charge in [-0.1, -0.05) is 46.8 Å². The zero-order valence-electron chi connectivity index (χ0n) is 11.4. The number of hydrogen-bond donors (Lipinski definition) is 0. The fourth-order valence-electron chi connectivity index (χ4n) is 2.26. The van der Waals surface area contributed by atoms with Gasteiger partial charge in [-0.3, -0.25) is 0 Å². The summed E-state index contributed by atoms with van der Waals surface area (Å²) in [5.74, 6) is 0. The van der Waals surface area contributed by atoms with E-state index >= 15 is 0 Å². The van der Waals surface area contributed by atoms with Crippen LogP contribution in [0.3, 0.4) is 0 Å². The van der Waals surface area contributed by atoms with Crippen molar-refractivity contribution in [2.24, 2.45) is 0 Å². The first-order valence-electron chi connectivity index (χ1n) is 5.57. The molecule has 0 nitrogen and oxygen atoms in total. The number of halogens is 1. The second-order valence-corrected chi connectivity index (χ2v) is 5.72. The Morgan fingerprint density at radius 1 is 0.941 bits per heavy atom. The van der Waals surface area contributed by atoms with E-state index in [0.717, 1.165) is 0 Å². The summed E-state index contributed by atoms with van der Waals surface area (Å²) in [4.78, 5) is 0. The number of hydrogen-bond acceptors (Lipinski definition) is 0. The van der Waals surface area contributed by atoms with Gasteiger partial charge in [0.2, 0.25) is 0 Å². The summed E-state index contributed by atoms with van der Waals surface area (Å²) in [5, 5.41) is 0. The Hall–Kier alpha value is 0.206.